The van der Waals surface area contributed by atoms with Crippen LogP contribution in [0.25, 0.3) is 0 Å². The Balaban J connectivity index is 1.56. The van der Waals surface area contributed by atoms with E-state index >= 15 is 0 Å². The standard InChI is InChI=1S/C24H29N3O7/c1-26(20-6-9-33-10-7-20)8-11-34-22-5-3-4-17(12-22)16-25-23(28)18-13-19(24(29)32-2)15-21(14-18)27(30)31/h3-5,12-15,20H,6-11,16H2,1-2H3,(H,25,28). The van der Waals surface area contributed by atoms with Crippen LogP contribution in [0.3, 0.4) is 0 Å². The van der Waals surface area contributed by atoms with Crippen LogP contribution in [0, 0.1) is 10.1 Å². The molecule has 2 aromatic rings. The monoisotopic (exact) mass is 471 g/mol. The third-order valence-corrected chi connectivity index (χ3v) is 5.69. The lowest BCUT2D eigenvalue weighted by Crippen LogP contribution is -2.38. The predicted molar refractivity (Wildman–Crippen MR) is 124 cm³/mol. The number of rotatable bonds is 10. The average molecular weight is 472 g/mol. The number of hydrogen-bond donors (Lipinski definition) is 1. The topological polar surface area (TPSA) is 120 Å². The van der Waals surface area contributed by atoms with Gasteiger partial charge in [0.05, 0.1) is 17.6 Å². The maximum absolute atomic E-state index is 12.6. The molecule has 182 valence electrons. The van der Waals surface area contributed by atoms with Crippen molar-refractivity contribution < 1.29 is 28.7 Å². The van der Waals surface area contributed by atoms with Gasteiger partial charge in [-0.15, -0.1) is 0 Å². The fraction of sp³-hybridized carbons (Fsp3) is 0.417. The second-order valence-corrected chi connectivity index (χ2v) is 8.02. The van der Waals surface area contributed by atoms with Crippen LogP contribution in [0.4, 0.5) is 5.69 Å². The number of esters is 1. The highest BCUT2D eigenvalue weighted by molar-refractivity contribution is 5.98. The SMILES string of the molecule is COC(=O)c1cc(C(=O)NCc2cccc(OCCN(C)C3CCOCC3)c2)cc([N+](=O)[O-])c1. The predicted octanol–water partition coefficient (Wildman–Crippen LogP) is 2.80. The highest BCUT2D eigenvalue weighted by atomic mass is 16.6. The molecule has 0 unspecified atom stereocenters. The molecule has 10 heteroatoms. The highest BCUT2D eigenvalue weighted by Crippen LogP contribution is 2.19. The molecular weight excluding hydrogens is 442 g/mol. The molecule has 1 fully saturated rings. The number of amides is 1. The summed E-state index contributed by atoms with van der Waals surface area (Å²) in [5.74, 6) is -0.612. The molecule has 2 aromatic carbocycles. The highest BCUT2D eigenvalue weighted by Gasteiger charge is 2.19. The Kier molecular flexibility index (Phi) is 8.94. The molecule has 0 atom stereocenters. The van der Waals surface area contributed by atoms with Gasteiger partial charge in [0.15, 0.2) is 0 Å². The van der Waals surface area contributed by atoms with Gasteiger partial charge in [-0.1, -0.05) is 12.1 Å². The van der Waals surface area contributed by atoms with Gasteiger partial charge in [0.1, 0.15) is 12.4 Å². The van der Waals surface area contributed by atoms with E-state index in [-0.39, 0.29) is 23.4 Å². The number of methoxy groups -OCH3 is 1. The van der Waals surface area contributed by atoms with E-state index in [1.54, 1.807) is 0 Å². The second kappa shape index (κ2) is 12.1. The van der Waals surface area contributed by atoms with E-state index < -0.39 is 16.8 Å². The fourth-order valence-corrected chi connectivity index (χ4v) is 3.73. The third-order valence-electron chi connectivity index (χ3n) is 5.69. The van der Waals surface area contributed by atoms with Crippen LogP contribution in [0.5, 0.6) is 5.75 Å². The average Bonchev–Trinajstić information content (AvgIpc) is 2.87. The van der Waals surface area contributed by atoms with Crippen LogP contribution in [0.15, 0.2) is 42.5 Å². The molecule has 0 radical (unpaired) electrons. The number of carbonyl (C=O) groups is 2. The van der Waals surface area contributed by atoms with Crippen molar-refractivity contribution >= 4 is 17.6 Å². The number of carbonyl (C=O) groups excluding carboxylic acids is 2. The summed E-state index contributed by atoms with van der Waals surface area (Å²) in [6.07, 6.45) is 2.05. The van der Waals surface area contributed by atoms with Crippen molar-refractivity contribution in [2.45, 2.75) is 25.4 Å². The number of hydrogen-bond acceptors (Lipinski definition) is 8. The molecule has 0 bridgehead atoms. The molecule has 10 nitrogen and oxygen atoms in total. The Morgan fingerprint density at radius 2 is 1.91 bits per heavy atom. The zero-order valence-electron chi connectivity index (χ0n) is 19.3. The lowest BCUT2D eigenvalue weighted by Gasteiger charge is -2.31. The minimum atomic E-state index is -0.759. The summed E-state index contributed by atoms with van der Waals surface area (Å²) in [6.45, 7) is 3.11. The first-order chi connectivity index (χ1) is 16.4. The minimum Gasteiger partial charge on any atom is -0.492 e. The quantitative estimate of drug-likeness (QED) is 0.319. The molecule has 1 heterocycles. The van der Waals surface area contributed by atoms with E-state index in [9.17, 15) is 19.7 Å². The molecule has 0 aromatic heterocycles. The molecule has 1 N–H and O–H groups in total. The van der Waals surface area contributed by atoms with Crippen molar-refractivity contribution in [3.05, 3.63) is 69.3 Å². The molecule has 1 amide bonds. The van der Waals surface area contributed by atoms with Crippen LogP contribution in [-0.2, 0) is 16.0 Å². The van der Waals surface area contributed by atoms with Gasteiger partial charge in [-0.05, 0) is 43.7 Å². The maximum Gasteiger partial charge on any atom is 0.338 e. The van der Waals surface area contributed by atoms with Gasteiger partial charge >= 0.3 is 5.97 Å². The van der Waals surface area contributed by atoms with Crippen LogP contribution in [0.1, 0.15) is 39.1 Å². The van der Waals surface area contributed by atoms with Crippen molar-refractivity contribution in [3.8, 4) is 5.75 Å². The number of nitro benzene ring substituents is 1. The molecule has 0 aliphatic carbocycles. The summed E-state index contributed by atoms with van der Waals surface area (Å²) in [4.78, 5) is 37.2. The van der Waals surface area contributed by atoms with Gasteiger partial charge in [0, 0.05) is 50.0 Å². The number of ether oxygens (including phenoxy) is 3. The molecule has 3 rings (SSSR count). The summed E-state index contributed by atoms with van der Waals surface area (Å²) in [5.41, 5.74) is 0.373. The lowest BCUT2D eigenvalue weighted by atomic mass is 10.1. The van der Waals surface area contributed by atoms with Gasteiger partial charge in [-0.25, -0.2) is 4.79 Å². The van der Waals surface area contributed by atoms with Crippen LogP contribution < -0.4 is 10.1 Å². The molecule has 34 heavy (non-hydrogen) atoms. The Hall–Kier alpha value is -3.50. The number of likely N-dealkylation sites (N-methyl/N-ethyl adjacent to an activating group) is 1. The maximum atomic E-state index is 12.6. The van der Waals surface area contributed by atoms with E-state index in [1.165, 1.54) is 13.2 Å². The van der Waals surface area contributed by atoms with Crippen molar-refractivity contribution in [1.29, 1.82) is 0 Å². The number of nitrogens with one attached hydrogen (secondary N) is 1. The molecule has 1 saturated heterocycles. The molecule has 1 aliphatic heterocycles. The minimum absolute atomic E-state index is 0.00171. The number of benzene rings is 2. The Bertz CT molecular complexity index is 1020. The molecular formula is C24H29N3O7. The molecule has 0 saturated carbocycles. The summed E-state index contributed by atoms with van der Waals surface area (Å²) in [6, 6.07) is 11.3. The first-order valence-corrected chi connectivity index (χ1v) is 11.0. The molecule has 0 spiro atoms. The van der Waals surface area contributed by atoms with Crippen LogP contribution in [-0.4, -0.2) is 68.3 Å². The van der Waals surface area contributed by atoms with Gasteiger partial charge in [0.2, 0.25) is 0 Å². The van der Waals surface area contributed by atoms with Crippen molar-refractivity contribution in [1.82, 2.24) is 10.2 Å². The van der Waals surface area contributed by atoms with Gasteiger partial charge in [-0.3, -0.25) is 19.8 Å². The smallest absolute Gasteiger partial charge is 0.338 e. The lowest BCUT2D eigenvalue weighted by molar-refractivity contribution is -0.384. The van der Waals surface area contributed by atoms with Crippen molar-refractivity contribution in [2.24, 2.45) is 0 Å². The van der Waals surface area contributed by atoms with E-state index in [1.807, 2.05) is 24.3 Å². The van der Waals surface area contributed by atoms with Crippen LogP contribution in [0.2, 0.25) is 0 Å². The van der Waals surface area contributed by atoms with E-state index in [4.69, 9.17) is 9.47 Å². The summed E-state index contributed by atoms with van der Waals surface area (Å²) >= 11 is 0. The number of nitrogens with zero attached hydrogens (tertiary/aromatic N) is 2. The summed E-state index contributed by atoms with van der Waals surface area (Å²) in [5, 5.41) is 13.9. The van der Waals surface area contributed by atoms with Crippen molar-refractivity contribution in [3.63, 3.8) is 0 Å². The van der Waals surface area contributed by atoms with E-state index in [0.717, 1.165) is 50.3 Å². The van der Waals surface area contributed by atoms with Gasteiger partial charge in [-0.2, -0.15) is 0 Å². The zero-order valence-corrected chi connectivity index (χ0v) is 19.3. The van der Waals surface area contributed by atoms with Crippen LogP contribution >= 0.6 is 0 Å². The van der Waals surface area contributed by atoms with Gasteiger partial charge < -0.3 is 19.5 Å². The second-order valence-electron chi connectivity index (χ2n) is 8.02. The Labute approximate surface area is 197 Å². The first-order valence-electron chi connectivity index (χ1n) is 11.0. The number of non-ortho nitro benzene ring substituents is 1. The largest absolute Gasteiger partial charge is 0.492 e. The van der Waals surface area contributed by atoms with Gasteiger partial charge in [0.25, 0.3) is 11.6 Å². The normalized spacial score (nSPS) is 14.0. The third kappa shape index (κ3) is 7.00. The molecule has 1 aliphatic rings. The van der Waals surface area contributed by atoms with E-state index in [2.05, 4.69) is 22.0 Å². The van der Waals surface area contributed by atoms with E-state index in [0.29, 0.717) is 18.4 Å². The Morgan fingerprint density at radius 3 is 2.62 bits per heavy atom. The zero-order chi connectivity index (χ0) is 24.5. The Morgan fingerprint density at radius 1 is 1.18 bits per heavy atom. The summed E-state index contributed by atoms with van der Waals surface area (Å²) in [7, 11) is 3.25. The first kappa shape index (κ1) is 25.1. The van der Waals surface area contributed by atoms with Crippen molar-refractivity contribution in [2.75, 3.05) is 40.5 Å². The fourth-order valence-electron chi connectivity index (χ4n) is 3.73. The summed E-state index contributed by atoms with van der Waals surface area (Å²) < 4.78 is 15.9. The number of nitro groups is 1.